The van der Waals surface area contributed by atoms with E-state index in [9.17, 15) is 9.59 Å². The molecule has 0 aliphatic rings. The molecule has 0 aliphatic carbocycles. The summed E-state index contributed by atoms with van der Waals surface area (Å²) in [7, 11) is 3.72. The van der Waals surface area contributed by atoms with Crippen LogP contribution in [0.15, 0.2) is 22.7 Å². The Morgan fingerprint density at radius 2 is 1.90 bits per heavy atom. The molecule has 0 heterocycles. The Labute approximate surface area is 131 Å². The van der Waals surface area contributed by atoms with Crippen molar-refractivity contribution < 1.29 is 14.7 Å². The standard InChI is InChI=1S/C13H16BrClN2O3/c1-16(2)3-4-17(8-12(18)19)13(20)9-5-10(14)7-11(15)6-9/h5-7H,3-4,8H2,1-2H3,(H,18,19). The molecule has 5 nitrogen and oxygen atoms in total. The van der Waals surface area contributed by atoms with Gasteiger partial charge in [-0.1, -0.05) is 27.5 Å². The maximum atomic E-state index is 12.4. The lowest BCUT2D eigenvalue weighted by Crippen LogP contribution is -2.40. The van der Waals surface area contributed by atoms with Crippen molar-refractivity contribution in [1.29, 1.82) is 0 Å². The first-order chi connectivity index (χ1) is 9.29. The van der Waals surface area contributed by atoms with Gasteiger partial charge in [-0.3, -0.25) is 9.59 Å². The van der Waals surface area contributed by atoms with Gasteiger partial charge in [-0.2, -0.15) is 0 Å². The summed E-state index contributed by atoms with van der Waals surface area (Å²) >= 11 is 9.17. The molecule has 0 aliphatic heterocycles. The van der Waals surface area contributed by atoms with Gasteiger partial charge >= 0.3 is 5.97 Å². The fourth-order valence-corrected chi connectivity index (χ4v) is 2.46. The highest BCUT2D eigenvalue weighted by molar-refractivity contribution is 9.10. The molecule has 1 aromatic rings. The van der Waals surface area contributed by atoms with Gasteiger partial charge in [0.05, 0.1) is 0 Å². The fourth-order valence-electron chi connectivity index (χ4n) is 1.60. The van der Waals surface area contributed by atoms with Crippen molar-refractivity contribution >= 4 is 39.4 Å². The van der Waals surface area contributed by atoms with Crippen LogP contribution in [0.4, 0.5) is 0 Å². The lowest BCUT2D eigenvalue weighted by molar-refractivity contribution is -0.137. The lowest BCUT2D eigenvalue weighted by Gasteiger charge is -2.23. The molecule has 7 heteroatoms. The summed E-state index contributed by atoms with van der Waals surface area (Å²) in [6.45, 7) is 0.583. The smallest absolute Gasteiger partial charge is 0.323 e. The van der Waals surface area contributed by atoms with Crippen molar-refractivity contribution in [3.05, 3.63) is 33.3 Å². The van der Waals surface area contributed by atoms with Crippen LogP contribution in [-0.2, 0) is 4.79 Å². The van der Waals surface area contributed by atoms with Crippen LogP contribution in [0.1, 0.15) is 10.4 Å². The number of benzene rings is 1. The van der Waals surface area contributed by atoms with E-state index in [1.807, 2.05) is 19.0 Å². The molecule has 0 bridgehead atoms. The van der Waals surface area contributed by atoms with Crippen molar-refractivity contribution in [2.24, 2.45) is 0 Å². The topological polar surface area (TPSA) is 60.9 Å². The molecule has 0 spiro atoms. The Balaban J connectivity index is 2.93. The zero-order chi connectivity index (χ0) is 15.3. The van der Waals surface area contributed by atoms with Crippen molar-refractivity contribution in [1.82, 2.24) is 9.80 Å². The molecule has 1 amide bonds. The summed E-state index contributed by atoms with van der Waals surface area (Å²) in [5.41, 5.74) is 0.365. The van der Waals surface area contributed by atoms with Gasteiger partial charge in [0.2, 0.25) is 0 Å². The maximum Gasteiger partial charge on any atom is 0.323 e. The number of carboxylic acids is 1. The zero-order valence-corrected chi connectivity index (χ0v) is 13.6. The maximum absolute atomic E-state index is 12.4. The Kier molecular flexibility index (Phi) is 6.45. The SMILES string of the molecule is CN(C)CCN(CC(=O)O)C(=O)c1cc(Cl)cc(Br)c1. The van der Waals surface area contributed by atoms with Crippen molar-refractivity contribution in [3.8, 4) is 0 Å². The molecule has 0 saturated heterocycles. The first-order valence-corrected chi connectivity index (χ1v) is 7.08. The summed E-state index contributed by atoms with van der Waals surface area (Å²) in [6, 6.07) is 4.82. The van der Waals surface area contributed by atoms with E-state index in [2.05, 4.69) is 15.9 Å². The van der Waals surface area contributed by atoms with Crippen LogP contribution in [0, 0.1) is 0 Å². The highest BCUT2D eigenvalue weighted by atomic mass is 79.9. The second-order valence-corrected chi connectivity index (χ2v) is 5.93. The van der Waals surface area contributed by atoms with Crippen molar-refractivity contribution in [2.75, 3.05) is 33.7 Å². The molecule has 0 unspecified atom stereocenters. The second-order valence-electron chi connectivity index (χ2n) is 4.58. The van der Waals surface area contributed by atoms with E-state index in [0.717, 1.165) is 0 Å². The van der Waals surface area contributed by atoms with Crippen LogP contribution < -0.4 is 0 Å². The molecule has 0 aromatic heterocycles. The number of likely N-dealkylation sites (N-methyl/N-ethyl adjacent to an activating group) is 1. The van der Waals surface area contributed by atoms with Crippen LogP contribution >= 0.6 is 27.5 Å². The molecule has 1 rings (SSSR count). The average molecular weight is 364 g/mol. The third-order valence-electron chi connectivity index (χ3n) is 2.54. The van der Waals surface area contributed by atoms with Gasteiger partial charge in [-0.15, -0.1) is 0 Å². The molecular formula is C13H16BrClN2O3. The van der Waals surface area contributed by atoms with E-state index in [1.165, 1.54) is 11.0 Å². The van der Waals surface area contributed by atoms with Gasteiger partial charge in [-0.05, 0) is 32.3 Å². The highest BCUT2D eigenvalue weighted by Crippen LogP contribution is 2.20. The van der Waals surface area contributed by atoms with E-state index in [0.29, 0.717) is 28.1 Å². The number of carbonyl (C=O) groups is 2. The monoisotopic (exact) mass is 362 g/mol. The largest absolute Gasteiger partial charge is 0.480 e. The third kappa shape index (κ3) is 5.48. The van der Waals surface area contributed by atoms with Gasteiger partial charge in [0.25, 0.3) is 5.91 Å². The predicted molar refractivity (Wildman–Crippen MR) is 81.2 cm³/mol. The van der Waals surface area contributed by atoms with Gasteiger partial charge < -0.3 is 14.9 Å². The highest BCUT2D eigenvalue weighted by Gasteiger charge is 2.19. The van der Waals surface area contributed by atoms with Gasteiger partial charge in [0.1, 0.15) is 6.54 Å². The number of amides is 1. The minimum absolute atomic E-state index is 0.336. The Bertz CT molecular complexity index is 488. The molecule has 0 fully saturated rings. The van der Waals surface area contributed by atoms with E-state index >= 15 is 0 Å². The summed E-state index contributed by atoms with van der Waals surface area (Å²) in [5, 5.41) is 9.33. The molecule has 1 aromatic carbocycles. The van der Waals surface area contributed by atoms with Crippen molar-refractivity contribution in [2.45, 2.75) is 0 Å². The van der Waals surface area contributed by atoms with Crippen LogP contribution in [0.3, 0.4) is 0 Å². The number of halogens is 2. The summed E-state index contributed by atoms with van der Waals surface area (Å²) in [4.78, 5) is 26.4. The third-order valence-corrected chi connectivity index (χ3v) is 3.22. The Morgan fingerprint density at radius 1 is 1.25 bits per heavy atom. The Morgan fingerprint density at radius 3 is 2.40 bits per heavy atom. The van der Waals surface area contributed by atoms with Crippen LogP contribution in [0.5, 0.6) is 0 Å². The first kappa shape index (κ1) is 16.9. The van der Waals surface area contributed by atoms with E-state index in [1.54, 1.807) is 12.1 Å². The lowest BCUT2D eigenvalue weighted by atomic mass is 10.2. The summed E-state index contributed by atoms with van der Waals surface area (Å²) in [6.07, 6.45) is 0. The number of nitrogens with zero attached hydrogens (tertiary/aromatic N) is 2. The molecule has 0 atom stereocenters. The summed E-state index contributed by atoms with van der Waals surface area (Å²) < 4.78 is 0.677. The number of hydrogen-bond donors (Lipinski definition) is 1. The summed E-state index contributed by atoms with van der Waals surface area (Å²) in [5.74, 6) is -1.39. The number of rotatable bonds is 6. The normalized spacial score (nSPS) is 10.7. The second kappa shape index (κ2) is 7.61. The van der Waals surface area contributed by atoms with E-state index in [4.69, 9.17) is 16.7 Å². The zero-order valence-electron chi connectivity index (χ0n) is 11.3. The van der Waals surface area contributed by atoms with Crippen LogP contribution in [-0.4, -0.2) is 60.5 Å². The predicted octanol–water partition coefficient (Wildman–Crippen LogP) is 2.19. The molecular weight excluding hydrogens is 348 g/mol. The number of carbonyl (C=O) groups excluding carboxylic acids is 1. The molecule has 1 N–H and O–H groups in total. The van der Waals surface area contributed by atoms with Crippen LogP contribution in [0.25, 0.3) is 0 Å². The van der Waals surface area contributed by atoms with Gasteiger partial charge in [-0.25, -0.2) is 0 Å². The number of aliphatic carboxylic acids is 1. The Hall–Kier alpha value is -1.11. The molecule has 110 valence electrons. The number of carboxylic acid groups (broad SMARTS) is 1. The van der Waals surface area contributed by atoms with E-state index < -0.39 is 5.97 Å². The minimum atomic E-state index is -1.04. The number of hydrogen-bond acceptors (Lipinski definition) is 3. The molecule has 20 heavy (non-hydrogen) atoms. The van der Waals surface area contributed by atoms with Gasteiger partial charge in [0, 0.05) is 28.1 Å². The quantitative estimate of drug-likeness (QED) is 0.841. The van der Waals surface area contributed by atoms with Crippen molar-refractivity contribution in [3.63, 3.8) is 0 Å². The molecule has 0 radical (unpaired) electrons. The minimum Gasteiger partial charge on any atom is -0.480 e. The average Bonchev–Trinajstić information content (AvgIpc) is 2.31. The van der Waals surface area contributed by atoms with Gasteiger partial charge in [0.15, 0.2) is 0 Å². The fraction of sp³-hybridized carbons (Fsp3) is 0.385. The molecule has 0 saturated carbocycles. The van der Waals surface area contributed by atoms with Crippen LogP contribution in [0.2, 0.25) is 5.02 Å². The van der Waals surface area contributed by atoms with E-state index in [-0.39, 0.29) is 12.5 Å². The first-order valence-electron chi connectivity index (χ1n) is 5.91.